The Labute approximate surface area is 217 Å². The highest BCUT2D eigenvalue weighted by molar-refractivity contribution is 5.86. The number of carbonyl (C=O) groups is 1. The van der Waals surface area contributed by atoms with Crippen LogP contribution in [0.1, 0.15) is 93.2 Å². The monoisotopic (exact) mass is 484 g/mol. The molecule has 0 saturated heterocycles. The number of hydrogen-bond donors (Lipinski definition) is 1. The van der Waals surface area contributed by atoms with Crippen molar-refractivity contribution >= 4 is 16.7 Å². The second kappa shape index (κ2) is 11.8. The summed E-state index contributed by atoms with van der Waals surface area (Å²) >= 11 is 0. The second-order valence-electron chi connectivity index (χ2n) is 11.9. The first-order valence-electron chi connectivity index (χ1n) is 14.5. The number of carbonyl (C=O) groups excluding carboxylic acids is 1. The lowest BCUT2D eigenvalue weighted by Gasteiger charge is -2.26. The fourth-order valence-electron chi connectivity index (χ4n) is 6.89. The molecule has 1 atom stereocenters. The van der Waals surface area contributed by atoms with Crippen LogP contribution in [0, 0.1) is 18.8 Å². The number of para-hydroxylation sites is 1. The van der Waals surface area contributed by atoms with Crippen molar-refractivity contribution in [1.82, 2.24) is 4.57 Å². The van der Waals surface area contributed by atoms with Crippen LogP contribution in [0.5, 0.6) is 0 Å². The molecule has 0 aliphatic heterocycles. The molecule has 2 saturated carbocycles. The molecule has 2 aliphatic carbocycles. The molecule has 0 amide bonds. The minimum absolute atomic E-state index is 0.211. The Morgan fingerprint density at radius 3 is 2.50 bits per heavy atom. The number of aromatic nitrogens is 1. The molecule has 3 nitrogen and oxygen atoms in total. The normalized spacial score (nSPS) is 22.1. The highest BCUT2D eigenvalue weighted by Crippen LogP contribution is 2.36. The molecule has 5 rings (SSSR count). The SMILES string of the molecule is Cc1cccc(CC(CC(=O)CC2CCC(N)CC2)c2cn(CC3CCCCC3)c3ccccc23)c1. The molecule has 192 valence electrons. The van der Waals surface area contributed by atoms with E-state index in [1.807, 2.05) is 0 Å². The van der Waals surface area contributed by atoms with Crippen LogP contribution in [0.3, 0.4) is 0 Å². The summed E-state index contributed by atoms with van der Waals surface area (Å²) in [7, 11) is 0. The Kier molecular flexibility index (Phi) is 8.26. The van der Waals surface area contributed by atoms with Gasteiger partial charge in [0.1, 0.15) is 5.78 Å². The Balaban J connectivity index is 1.41. The zero-order valence-electron chi connectivity index (χ0n) is 22.1. The lowest BCUT2D eigenvalue weighted by Crippen LogP contribution is -2.27. The molecule has 1 heterocycles. The number of aryl methyl sites for hydroxylation is 1. The lowest BCUT2D eigenvalue weighted by molar-refractivity contribution is -0.120. The van der Waals surface area contributed by atoms with Crippen LogP contribution < -0.4 is 5.73 Å². The summed E-state index contributed by atoms with van der Waals surface area (Å²) in [6.45, 7) is 3.27. The van der Waals surface area contributed by atoms with Crippen molar-refractivity contribution in [3.63, 3.8) is 0 Å². The highest BCUT2D eigenvalue weighted by atomic mass is 16.1. The summed E-state index contributed by atoms with van der Waals surface area (Å²) in [6, 6.07) is 18.0. The molecule has 2 N–H and O–H groups in total. The van der Waals surface area contributed by atoms with Crippen molar-refractivity contribution in [3.05, 3.63) is 71.4 Å². The summed E-state index contributed by atoms with van der Waals surface area (Å²) < 4.78 is 2.51. The van der Waals surface area contributed by atoms with Gasteiger partial charge in [0.05, 0.1) is 0 Å². The molecule has 3 heteroatoms. The van der Waals surface area contributed by atoms with E-state index in [0.29, 0.717) is 24.2 Å². The number of fused-ring (bicyclic) bond motifs is 1. The summed E-state index contributed by atoms with van der Waals surface area (Å²) in [4.78, 5) is 13.5. The van der Waals surface area contributed by atoms with E-state index in [-0.39, 0.29) is 5.92 Å². The topological polar surface area (TPSA) is 48.0 Å². The smallest absolute Gasteiger partial charge is 0.133 e. The molecule has 1 aromatic heterocycles. The first-order chi connectivity index (χ1) is 17.5. The Hall–Kier alpha value is -2.39. The minimum atomic E-state index is 0.211. The number of hydrogen-bond acceptors (Lipinski definition) is 2. The first-order valence-corrected chi connectivity index (χ1v) is 14.5. The molecular formula is C33H44N2O. The predicted octanol–water partition coefficient (Wildman–Crippen LogP) is 7.72. The van der Waals surface area contributed by atoms with E-state index in [0.717, 1.165) is 51.0 Å². The third-order valence-corrected chi connectivity index (χ3v) is 8.89. The molecule has 0 bridgehead atoms. The third-order valence-electron chi connectivity index (χ3n) is 8.89. The predicted molar refractivity (Wildman–Crippen MR) is 150 cm³/mol. The Bertz CT molecular complexity index is 1150. The van der Waals surface area contributed by atoms with Crippen molar-refractivity contribution in [3.8, 4) is 0 Å². The van der Waals surface area contributed by atoms with Crippen LogP contribution in [0.25, 0.3) is 10.9 Å². The Morgan fingerprint density at radius 1 is 0.944 bits per heavy atom. The van der Waals surface area contributed by atoms with Crippen molar-refractivity contribution in [2.45, 2.75) is 102 Å². The number of benzene rings is 2. The van der Waals surface area contributed by atoms with Crippen molar-refractivity contribution in [2.75, 3.05) is 0 Å². The number of nitrogens with two attached hydrogens (primary N) is 1. The van der Waals surface area contributed by atoms with Gasteiger partial charge < -0.3 is 10.3 Å². The maximum atomic E-state index is 13.5. The van der Waals surface area contributed by atoms with E-state index < -0.39 is 0 Å². The lowest BCUT2D eigenvalue weighted by atomic mass is 9.81. The fraction of sp³-hybridized carbons (Fsp3) is 0.545. The van der Waals surface area contributed by atoms with E-state index in [4.69, 9.17) is 5.73 Å². The van der Waals surface area contributed by atoms with Crippen LogP contribution in [0.4, 0.5) is 0 Å². The minimum Gasteiger partial charge on any atom is -0.347 e. The quantitative estimate of drug-likeness (QED) is 0.338. The van der Waals surface area contributed by atoms with Gasteiger partial charge in [0.2, 0.25) is 0 Å². The van der Waals surface area contributed by atoms with Gasteiger partial charge in [-0.25, -0.2) is 0 Å². The van der Waals surface area contributed by atoms with Crippen molar-refractivity contribution in [1.29, 1.82) is 0 Å². The average molecular weight is 485 g/mol. The van der Waals surface area contributed by atoms with Crippen LogP contribution in [0.2, 0.25) is 0 Å². The van der Waals surface area contributed by atoms with E-state index in [2.05, 4.69) is 66.2 Å². The van der Waals surface area contributed by atoms with Crippen LogP contribution in [-0.4, -0.2) is 16.4 Å². The van der Waals surface area contributed by atoms with Gasteiger partial charge in [-0.3, -0.25) is 4.79 Å². The highest BCUT2D eigenvalue weighted by Gasteiger charge is 2.26. The van der Waals surface area contributed by atoms with Gasteiger partial charge in [-0.1, -0.05) is 67.3 Å². The van der Waals surface area contributed by atoms with Gasteiger partial charge in [-0.15, -0.1) is 0 Å². The van der Waals surface area contributed by atoms with Gasteiger partial charge >= 0.3 is 0 Å². The molecule has 2 fully saturated rings. The maximum absolute atomic E-state index is 13.5. The molecule has 36 heavy (non-hydrogen) atoms. The molecule has 2 aromatic carbocycles. The van der Waals surface area contributed by atoms with Gasteiger partial charge in [-0.05, 0) is 86.8 Å². The van der Waals surface area contributed by atoms with Crippen LogP contribution in [0.15, 0.2) is 54.7 Å². The number of nitrogens with zero attached hydrogens (tertiary/aromatic N) is 1. The molecule has 0 spiro atoms. The van der Waals surface area contributed by atoms with Gasteiger partial charge in [0, 0.05) is 42.5 Å². The average Bonchev–Trinajstić information content (AvgIpc) is 3.24. The standard InChI is InChI=1S/C33H44N2O/c1-24-8-7-11-27(18-24)19-28(21-30(36)20-25-14-16-29(34)17-15-25)32-23-35(22-26-9-3-2-4-10-26)33-13-6-5-12-31(32)33/h5-8,11-13,18,23,25-26,28-29H,2-4,9-10,14-17,19-22,34H2,1H3. The van der Waals surface area contributed by atoms with Gasteiger partial charge in [0.25, 0.3) is 0 Å². The fourth-order valence-corrected chi connectivity index (χ4v) is 6.89. The molecule has 0 radical (unpaired) electrons. The molecule has 3 aromatic rings. The molecule has 1 unspecified atom stereocenters. The number of rotatable bonds is 9. The number of ketones is 1. The molecule has 2 aliphatic rings. The van der Waals surface area contributed by atoms with Crippen molar-refractivity contribution in [2.24, 2.45) is 17.6 Å². The maximum Gasteiger partial charge on any atom is 0.133 e. The van der Waals surface area contributed by atoms with Gasteiger partial charge in [-0.2, -0.15) is 0 Å². The van der Waals surface area contributed by atoms with E-state index in [1.165, 1.54) is 59.7 Å². The third kappa shape index (κ3) is 6.29. The summed E-state index contributed by atoms with van der Waals surface area (Å²) in [6.07, 6.45) is 15.8. The first kappa shape index (κ1) is 25.3. The van der Waals surface area contributed by atoms with E-state index in [1.54, 1.807) is 0 Å². The largest absolute Gasteiger partial charge is 0.347 e. The van der Waals surface area contributed by atoms with Crippen LogP contribution in [-0.2, 0) is 17.8 Å². The zero-order valence-corrected chi connectivity index (χ0v) is 22.1. The summed E-state index contributed by atoms with van der Waals surface area (Å²) in [5.41, 5.74) is 11.4. The summed E-state index contributed by atoms with van der Waals surface area (Å²) in [5.74, 6) is 1.93. The van der Waals surface area contributed by atoms with Crippen molar-refractivity contribution < 1.29 is 4.79 Å². The number of Topliss-reactive ketones (excluding diaryl/α,β-unsaturated/α-hetero) is 1. The zero-order chi connectivity index (χ0) is 24.9. The van der Waals surface area contributed by atoms with Gasteiger partial charge in [0.15, 0.2) is 0 Å². The molecular weight excluding hydrogens is 440 g/mol. The van der Waals surface area contributed by atoms with E-state index in [9.17, 15) is 4.79 Å². The summed E-state index contributed by atoms with van der Waals surface area (Å²) in [5, 5.41) is 1.34. The van der Waals surface area contributed by atoms with E-state index >= 15 is 0 Å². The second-order valence-corrected chi connectivity index (χ2v) is 11.9. The Morgan fingerprint density at radius 2 is 1.72 bits per heavy atom. The van der Waals surface area contributed by atoms with Crippen LogP contribution >= 0.6 is 0 Å².